The highest BCUT2D eigenvalue weighted by Crippen LogP contribution is 2.21. The number of nitrogens with zero attached hydrogens (tertiary/aromatic N) is 1. The van der Waals surface area contributed by atoms with Crippen LogP contribution in [-0.2, 0) is 16.6 Å². The third-order valence-corrected chi connectivity index (χ3v) is 6.26. The fourth-order valence-electron chi connectivity index (χ4n) is 2.48. The molecule has 0 aliphatic carbocycles. The summed E-state index contributed by atoms with van der Waals surface area (Å²) in [6.45, 7) is 4.31. The standard InChI is InChI=1S/C13H22N2O3S2/c1-11(15-6-3-2-4-7-15)9-14-20(17,18)13-5-8-19-12(13)10-16/h5,8,11,14,16H,2-4,6-7,9-10H2,1H3. The Kier molecular flexibility index (Phi) is 5.57. The summed E-state index contributed by atoms with van der Waals surface area (Å²) in [7, 11) is -3.52. The Bertz CT molecular complexity index is 521. The fourth-order valence-corrected chi connectivity index (χ4v) is 4.89. The van der Waals surface area contributed by atoms with Crippen molar-refractivity contribution < 1.29 is 13.5 Å². The molecule has 0 radical (unpaired) electrons. The lowest BCUT2D eigenvalue weighted by atomic mass is 10.1. The van der Waals surface area contributed by atoms with Crippen molar-refractivity contribution in [2.45, 2.75) is 43.7 Å². The van der Waals surface area contributed by atoms with Crippen LogP contribution in [0.3, 0.4) is 0 Å². The molecular weight excluding hydrogens is 296 g/mol. The van der Waals surface area contributed by atoms with Crippen molar-refractivity contribution in [3.05, 3.63) is 16.3 Å². The molecule has 2 rings (SSSR count). The molecule has 20 heavy (non-hydrogen) atoms. The van der Waals surface area contributed by atoms with Crippen LogP contribution in [0.4, 0.5) is 0 Å². The molecule has 0 spiro atoms. The highest BCUT2D eigenvalue weighted by atomic mass is 32.2. The van der Waals surface area contributed by atoms with E-state index in [1.807, 2.05) is 0 Å². The van der Waals surface area contributed by atoms with Gasteiger partial charge in [-0.25, -0.2) is 13.1 Å². The Morgan fingerprint density at radius 3 is 2.75 bits per heavy atom. The lowest BCUT2D eigenvalue weighted by Crippen LogP contribution is -2.44. The lowest BCUT2D eigenvalue weighted by molar-refractivity contribution is 0.175. The van der Waals surface area contributed by atoms with Crippen LogP contribution < -0.4 is 4.72 Å². The number of aliphatic hydroxyl groups excluding tert-OH is 1. The maximum atomic E-state index is 12.2. The number of thiophene rings is 1. The van der Waals surface area contributed by atoms with Gasteiger partial charge in [-0.15, -0.1) is 11.3 Å². The molecule has 1 aromatic heterocycles. The van der Waals surface area contributed by atoms with E-state index in [1.165, 1.54) is 30.6 Å². The second-order valence-electron chi connectivity index (χ2n) is 5.16. The van der Waals surface area contributed by atoms with Gasteiger partial charge < -0.3 is 5.11 Å². The molecule has 2 N–H and O–H groups in total. The van der Waals surface area contributed by atoms with Gasteiger partial charge >= 0.3 is 0 Å². The summed E-state index contributed by atoms with van der Waals surface area (Å²) in [5, 5.41) is 10.9. The largest absolute Gasteiger partial charge is 0.391 e. The molecule has 0 bridgehead atoms. The van der Waals surface area contributed by atoms with Crippen LogP contribution in [0.25, 0.3) is 0 Å². The third kappa shape index (κ3) is 3.79. The summed E-state index contributed by atoms with van der Waals surface area (Å²) in [5.41, 5.74) is 0. The number of nitrogens with one attached hydrogen (secondary N) is 1. The first-order valence-corrected chi connectivity index (χ1v) is 9.32. The van der Waals surface area contributed by atoms with E-state index >= 15 is 0 Å². The Morgan fingerprint density at radius 1 is 1.40 bits per heavy atom. The molecule has 0 saturated carbocycles. The van der Waals surface area contributed by atoms with Crippen molar-refractivity contribution >= 4 is 21.4 Å². The normalized spacial score (nSPS) is 19.1. The summed E-state index contributed by atoms with van der Waals surface area (Å²) in [5.74, 6) is 0. The molecule has 1 atom stereocenters. The summed E-state index contributed by atoms with van der Waals surface area (Å²) >= 11 is 1.26. The summed E-state index contributed by atoms with van der Waals surface area (Å²) in [6.07, 6.45) is 3.65. The molecule has 0 amide bonds. The number of likely N-dealkylation sites (tertiary alicyclic amines) is 1. The molecule has 1 aliphatic heterocycles. The fraction of sp³-hybridized carbons (Fsp3) is 0.692. The average Bonchev–Trinajstić information content (AvgIpc) is 2.95. The molecule has 114 valence electrons. The van der Waals surface area contributed by atoms with E-state index < -0.39 is 10.0 Å². The maximum absolute atomic E-state index is 12.2. The van der Waals surface area contributed by atoms with E-state index in [2.05, 4.69) is 16.5 Å². The number of hydrogen-bond donors (Lipinski definition) is 2. The average molecular weight is 318 g/mol. The van der Waals surface area contributed by atoms with E-state index in [-0.39, 0.29) is 17.5 Å². The third-order valence-electron chi connectivity index (χ3n) is 3.72. The molecule has 2 heterocycles. The van der Waals surface area contributed by atoms with Gasteiger partial charge in [0, 0.05) is 17.5 Å². The zero-order chi connectivity index (χ0) is 14.6. The topological polar surface area (TPSA) is 69.6 Å². The molecular formula is C13H22N2O3S2. The number of rotatable bonds is 6. The Labute approximate surface area is 124 Å². The first-order chi connectivity index (χ1) is 9.54. The van der Waals surface area contributed by atoms with Crippen molar-refractivity contribution in [1.29, 1.82) is 0 Å². The van der Waals surface area contributed by atoms with Gasteiger partial charge in [0.05, 0.1) is 11.5 Å². The van der Waals surface area contributed by atoms with Gasteiger partial charge in [-0.05, 0) is 44.3 Å². The van der Waals surface area contributed by atoms with Crippen molar-refractivity contribution in [2.24, 2.45) is 0 Å². The quantitative estimate of drug-likeness (QED) is 0.832. The van der Waals surface area contributed by atoms with Crippen molar-refractivity contribution in [3.63, 3.8) is 0 Å². The van der Waals surface area contributed by atoms with Crippen LogP contribution in [0.5, 0.6) is 0 Å². The van der Waals surface area contributed by atoms with Crippen LogP contribution in [0, 0.1) is 0 Å². The van der Waals surface area contributed by atoms with Gasteiger partial charge in [-0.1, -0.05) is 6.42 Å². The van der Waals surface area contributed by atoms with E-state index in [0.29, 0.717) is 11.4 Å². The minimum atomic E-state index is -3.52. The van der Waals surface area contributed by atoms with Gasteiger partial charge in [-0.2, -0.15) is 0 Å². The second kappa shape index (κ2) is 7.00. The first kappa shape index (κ1) is 15.9. The minimum Gasteiger partial charge on any atom is -0.391 e. The zero-order valence-electron chi connectivity index (χ0n) is 11.7. The Hall–Kier alpha value is -0.470. The van der Waals surface area contributed by atoms with Gasteiger partial charge in [-0.3, -0.25) is 4.90 Å². The molecule has 1 unspecified atom stereocenters. The lowest BCUT2D eigenvalue weighted by Gasteiger charge is -2.32. The van der Waals surface area contributed by atoms with Gasteiger partial charge in [0.25, 0.3) is 0 Å². The summed E-state index contributed by atoms with van der Waals surface area (Å²) in [6, 6.07) is 1.74. The monoisotopic (exact) mass is 318 g/mol. The first-order valence-electron chi connectivity index (χ1n) is 6.95. The molecule has 1 aromatic rings. The highest BCUT2D eigenvalue weighted by molar-refractivity contribution is 7.89. The van der Waals surface area contributed by atoms with Gasteiger partial charge in [0.1, 0.15) is 0 Å². The predicted molar refractivity (Wildman–Crippen MR) is 80.3 cm³/mol. The van der Waals surface area contributed by atoms with Gasteiger partial charge in [0.15, 0.2) is 0 Å². The van der Waals surface area contributed by atoms with E-state index in [0.717, 1.165) is 13.1 Å². The van der Waals surface area contributed by atoms with Crippen molar-refractivity contribution in [2.75, 3.05) is 19.6 Å². The SMILES string of the molecule is CC(CNS(=O)(=O)c1ccsc1CO)N1CCCCC1. The van der Waals surface area contributed by atoms with E-state index in [4.69, 9.17) is 5.11 Å². The van der Waals surface area contributed by atoms with Crippen LogP contribution >= 0.6 is 11.3 Å². The molecule has 1 aliphatic rings. The smallest absolute Gasteiger partial charge is 0.241 e. The number of aliphatic hydroxyl groups is 1. The van der Waals surface area contributed by atoms with Crippen molar-refractivity contribution in [1.82, 2.24) is 9.62 Å². The van der Waals surface area contributed by atoms with Crippen molar-refractivity contribution in [3.8, 4) is 0 Å². The van der Waals surface area contributed by atoms with E-state index in [1.54, 1.807) is 11.4 Å². The van der Waals surface area contributed by atoms with Gasteiger partial charge in [0.2, 0.25) is 10.0 Å². The maximum Gasteiger partial charge on any atom is 0.241 e. The Morgan fingerprint density at radius 2 is 2.10 bits per heavy atom. The molecule has 0 aromatic carbocycles. The van der Waals surface area contributed by atoms with Crippen LogP contribution in [-0.4, -0.2) is 44.1 Å². The predicted octanol–water partition coefficient (Wildman–Crippen LogP) is 1.39. The summed E-state index contributed by atoms with van der Waals surface area (Å²) in [4.78, 5) is 3.02. The zero-order valence-corrected chi connectivity index (χ0v) is 13.3. The second-order valence-corrected chi connectivity index (χ2v) is 7.90. The summed E-state index contributed by atoms with van der Waals surface area (Å²) < 4.78 is 27.1. The van der Waals surface area contributed by atoms with Crippen LogP contribution in [0.1, 0.15) is 31.1 Å². The molecule has 1 saturated heterocycles. The number of sulfonamides is 1. The molecule has 7 heteroatoms. The minimum absolute atomic E-state index is 0.196. The van der Waals surface area contributed by atoms with Crippen LogP contribution in [0.15, 0.2) is 16.3 Å². The molecule has 5 nitrogen and oxygen atoms in total. The number of piperidine rings is 1. The highest BCUT2D eigenvalue weighted by Gasteiger charge is 2.22. The van der Waals surface area contributed by atoms with Crippen LogP contribution in [0.2, 0.25) is 0 Å². The molecule has 1 fully saturated rings. The Balaban J connectivity index is 1.95. The van der Waals surface area contributed by atoms with E-state index in [9.17, 15) is 8.42 Å². The number of hydrogen-bond acceptors (Lipinski definition) is 5.